The summed E-state index contributed by atoms with van der Waals surface area (Å²) in [6.45, 7) is 8.33. The highest BCUT2D eigenvalue weighted by atomic mass is 35.5. The van der Waals surface area contributed by atoms with Crippen molar-refractivity contribution in [1.82, 2.24) is 14.3 Å². The van der Waals surface area contributed by atoms with E-state index < -0.39 is 0 Å². The van der Waals surface area contributed by atoms with E-state index >= 15 is 0 Å². The van der Waals surface area contributed by atoms with E-state index in [1.807, 2.05) is 6.07 Å². The van der Waals surface area contributed by atoms with Crippen molar-refractivity contribution >= 4 is 29.5 Å². The van der Waals surface area contributed by atoms with Gasteiger partial charge in [0.05, 0.1) is 26.2 Å². The number of halogens is 1. The highest BCUT2D eigenvalue weighted by Gasteiger charge is 2.23. The normalized spacial score (nSPS) is 18.6. The van der Waals surface area contributed by atoms with Gasteiger partial charge in [-0.3, -0.25) is 0 Å². The number of fused-ring (bicyclic) bond motifs is 1. The van der Waals surface area contributed by atoms with Crippen LogP contribution in [0.1, 0.15) is 30.7 Å². The van der Waals surface area contributed by atoms with E-state index in [1.165, 1.54) is 36.3 Å². The lowest BCUT2D eigenvalue weighted by Crippen LogP contribution is -3.14. The van der Waals surface area contributed by atoms with Crippen LogP contribution in [0.2, 0.25) is 5.02 Å². The highest BCUT2D eigenvalue weighted by Crippen LogP contribution is 2.24. The van der Waals surface area contributed by atoms with Crippen molar-refractivity contribution in [2.45, 2.75) is 45.8 Å². The number of nitrogens with zero attached hydrogens (tertiary/aromatic N) is 4. The fourth-order valence-electron chi connectivity index (χ4n) is 4.09. The SMILES string of the molecule is Cc1ccc(Cl)cc1N1CC[NH+](Cn2nc3n(c2=S)CCCCC3)CC1. The van der Waals surface area contributed by atoms with Gasteiger partial charge >= 0.3 is 0 Å². The van der Waals surface area contributed by atoms with E-state index in [2.05, 4.69) is 33.2 Å². The highest BCUT2D eigenvalue weighted by molar-refractivity contribution is 7.71. The number of hydrogen-bond donors (Lipinski definition) is 1. The number of aromatic nitrogens is 3. The van der Waals surface area contributed by atoms with Crippen LogP contribution in [-0.2, 0) is 19.6 Å². The lowest BCUT2D eigenvalue weighted by molar-refractivity contribution is -0.924. The monoisotopic (exact) mass is 392 g/mol. The van der Waals surface area contributed by atoms with Crippen LogP contribution in [0.4, 0.5) is 5.69 Å². The number of anilines is 1. The minimum atomic E-state index is 0.811. The number of hydrogen-bond acceptors (Lipinski definition) is 3. The molecular weight excluding hydrogens is 366 g/mol. The Labute approximate surface area is 165 Å². The Bertz CT molecular complexity index is 835. The maximum atomic E-state index is 6.19. The quantitative estimate of drug-likeness (QED) is 0.814. The molecular formula is C19H27ClN5S+. The minimum absolute atomic E-state index is 0.811. The minimum Gasteiger partial charge on any atom is -0.360 e. The second kappa shape index (κ2) is 7.71. The summed E-state index contributed by atoms with van der Waals surface area (Å²) in [6, 6.07) is 6.16. The van der Waals surface area contributed by atoms with Gasteiger partial charge in [-0.15, -0.1) is 0 Å². The number of nitrogens with one attached hydrogen (secondary N) is 1. The molecule has 2 aromatic rings. The molecule has 7 heteroatoms. The van der Waals surface area contributed by atoms with E-state index in [0.717, 1.165) is 55.6 Å². The number of aryl methyl sites for hydroxylation is 2. The molecule has 0 unspecified atom stereocenters. The maximum Gasteiger partial charge on any atom is 0.202 e. The zero-order valence-electron chi connectivity index (χ0n) is 15.4. The second-order valence-corrected chi connectivity index (χ2v) is 8.29. The van der Waals surface area contributed by atoms with E-state index in [1.54, 1.807) is 4.90 Å². The van der Waals surface area contributed by atoms with Gasteiger partial charge in [-0.1, -0.05) is 24.1 Å². The third kappa shape index (κ3) is 3.68. The van der Waals surface area contributed by atoms with Crippen LogP contribution in [0.5, 0.6) is 0 Å². The zero-order valence-corrected chi connectivity index (χ0v) is 17.0. The van der Waals surface area contributed by atoms with Gasteiger partial charge in [-0.05, 0) is 49.7 Å². The molecule has 0 spiro atoms. The molecule has 0 bridgehead atoms. The first-order valence-corrected chi connectivity index (χ1v) is 10.4. The van der Waals surface area contributed by atoms with Gasteiger partial charge in [0.2, 0.25) is 4.77 Å². The van der Waals surface area contributed by atoms with Crippen molar-refractivity contribution in [2.75, 3.05) is 31.1 Å². The van der Waals surface area contributed by atoms with E-state index in [9.17, 15) is 0 Å². The van der Waals surface area contributed by atoms with Gasteiger partial charge in [-0.25, -0.2) is 0 Å². The molecule has 1 aromatic carbocycles. The lowest BCUT2D eigenvalue weighted by Gasteiger charge is -2.34. The molecule has 0 radical (unpaired) electrons. The van der Waals surface area contributed by atoms with Crippen LogP contribution in [0.15, 0.2) is 18.2 Å². The summed E-state index contributed by atoms with van der Waals surface area (Å²) in [4.78, 5) is 4.00. The first-order valence-electron chi connectivity index (χ1n) is 9.63. The topological polar surface area (TPSA) is 30.4 Å². The fourth-order valence-corrected chi connectivity index (χ4v) is 4.55. The van der Waals surface area contributed by atoms with Crippen molar-refractivity contribution in [3.8, 4) is 0 Å². The molecule has 2 aliphatic heterocycles. The van der Waals surface area contributed by atoms with Crippen LogP contribution >= 0.6 is 23.8 Å². The molecule has 0 saturated carbocycles. The second-order valence-electron chi connectivity index (χ2n) is 7.49. The summed E-state index contributed by atoms with van der Waals surface area (Å²) in [6.07, 6.45) is 4.80. The van der Waals surface area contributed by atoms with Crippen LogP contribution in [0.3, 0.4) is 0 Å². The molecule has 1 fully saturated rings. The van der Waals surface area contributed by atoms with Crippen molar-refractivity contribution in [1.29, 1.82) is 0 Å². The molecule has 1 N–H and O–H groups in total. The molecule has 26 heavy (non-hydrogen) atoms. The first kappa shape index (κ1) is 18.0. The van der Waals surface area contributed by atoms with Crippen LogP contribution in [0, 0.1) is 11.7 Å². The number of quaternary nitrogens is 1. The van der Waals surface area contributed by atoms with Gasteiger partial charge < -0.3 is 14.4 Å². The Balaban J connectivity index is 1.41. The zero-order chi connectivity index (χ0) is 18.1. The molecule has 4 rings (SSSR count). The summed E-state index contributed by atoms with van der Waals surface area (Å²) in [5.74, 6) is 1.18. The Morgan fingerprint density at radius 3 is 2.77 bits per heavy atom. The molecule has 2 aliphatic rings. The van der Waals surface area contributed by atoms with Crippen LogP contribution < -0.4 is 9.80 Å². The molecule has 140 valence electrons. The van der Waals surface area contributed by atoms with Crippen molar-refractivity contribution in [3.05, 3.63) is 39.4 Å². The predicted molar refractivity (Wildman–Crippen MR) is 108 cm³/mol. The summed E-state index contributed by atoms with van der Waals surface area (Å²) in [5, 5.41) is 5.64. The Kier molecular flexibility index (Phi) is 5.34. The number of rotatable bonds is 3. The summed E-state index contributed by atoms with van der Waals surface area (Å²) in [7, 11) is 0. The summed E-state index contributed by atoms with van der Waals surface area (Å²) < 4.78 is 5.22. The molecule has 1 aromatic heterocycles. The largest absolute Gasteiger partial charge is 0.360 e. The summed E-state index contributed by atoms with van der Waals surface area (Å²) >= 11 is 11.9. The van der Waals surface area contributed by atoms with Gasteiger partial charge in [0, 0.05) is 23.7 Å². The number of piperazine rings is 1. The summed E-state index contributed by atoms with van der Waals surface area (Å²) in [5.41, 5.74) is 2.56. The van der Waals surface area contributed by atoms with E-state index in [4.69, 9.17) is 28.9 Å². The molecule has 0 atom stereocenters. The average Bonchev–Trinajstić information content (AvgIpc) is 2.81. The Hall–Kier alpha value is -1.37. The third-order valence-corrected chi connectivity index (χ3v) is 6.30. The van der Waals surface area contributed by atoms with Gasteiger partial charge in [-0.2, -0.15) is 9.78 Å². The van der Waals surface area contributed by atoms with E-state index in [-0.39, 0.29) is 0 Å². The van der Waals surface area contributed by atoms with Gasteiger partial charge in [0.1, 0.15) is 5.82 Å². The standard InChI is InChI=1S/C19H26ClN5S/c1-15-6-7-16(20)13-17(15)23-11-9-22(10-12-23)14-25-19(26)24-8-4-2-3-5-18(24)21-25/h6-7,13H,2-5,8-12,14H2,1H3/p+1. The van der Waals surface area contributed by atoms with Crippen molar-refractivity contribution in [3.63, 3.8) is 0 Å². The van der Waals surface area contributed by atoms with E-state index in [0.29, 0.717) is 0 Å². The fraction of sp³-hybridized carbons (Fsp3) is 0.579. The van der Waals surface area contributed by atoms with Crippen molar-refractivity contribution < 1.29 is 4.90 Å². The maximum absolute atomic E-state index is 6.19. The Morgan fingerprint density at radius 2 is 1.96 bits per heavy atom. The molecule has 1 saturated heterocycles. The lowest BCUT2D eigenvalue weighted by atomic mass is 10.1. The average molecular weight is 393 g/mol. The molecule has 0 aliphatic carbocycles. The molecule has 5 nitrogen and oxygen atoms in total. The number of benzene rings is 1. The molecule has 0 amide bonds. The first-order chi connectivity index (χ1) is 12.6. The Morgan fingerprint density at radius 1 is 1.15 bits per heavy atom. The van der Waals surface area contributed by atoms with Crippen molar-refractivity contribution in [2.24, 2.45) is 0 Å². The van der Waals surface area contributed by atoms with Gasteiger partial charge in [0.15, 0.2) is 6.67 Å². The smallest absolute Gasteiger partial charge is 0.202 e. The predicted octanol–water partition coefficient (Wildman–Crippen LogP) is 2.46. The third-order valence-electron chi connectivity index (χ3n) is 5.64. The van der Waals surface area contributed by atoms with Gasteiger partial charge in [0.25, 0.3) is 0 Å². The van der Waals surface area contributed by atoms with Crippen LogP contribution in [-0.4, -0.2) is 40.5 Å². The molecule has 3 heterocycles. The van der Waals surface area contributed by atoms with Crippen LogP contribution in [0.25, 0.3) is 0 Å².